The average Bonchev–Trinajstić information content (AvgIpc) is 2.27. The quantitative estimate of drug-likeness (QED) is 0.855. The molecular weight excluding hydrogens is 236 g/mol. The lowest BCUT2D eigenvalue weighted by Crippen LogP contribution is -2.40. The highest BCUT2D eigenvalue weighted by Gasteiger charge is 2.10. The fourth-order valence-corrected chi connectivity index (χ4v) is 1.99. The maximum atomic E-state index is 4.28. The maximum absolute atomic E-state index is 4.28. The van der Waals surface area contributed by atoms with Gasteiger partial charge in [0.2, 0.25) is 0 Å². The highest BCUT2D eigenvalue weighted by molar-refractivity contribution is 5.20. The third-order valence-corrected chi connectivity index (χ3v) is 3.01. The van der Waals surface area contributed by atoms with Gasteiger partial charge >= 0.3 is 0 Å². The Morgan fingerprint density at radius 3 is 2.53 bits per heavy atom. The number of hydrogen-bond acceptors (Lipinski definition) is 4. The molecule has 1 rings (SSSR count). The molecule has 0 atom stereocenters. The summed E-state index contributed by atoms with van der Waals surface area (Å²) in [5.74, 6) is 0. The van der Waals surface area contributed by atoms with Crippen molar-refractivity contribution in [2.75, 3.05) is 20.1 Å². The fourth-order valence-electron chi connectivity index (χ4n) is 1.99. The molecule has 19 heavy (non-hydrogen) atoms. The zero-order chi connectivity index (χ0) is 14.5. The van der Waals surface area contributed by atoms with E-state index in [1.165, 1.54) is 5.56 Å². The molecule has 4 nitrogen and oxygen atoms in total. The van der Waals surface area contributed by atoms with Crippen molar-refractivity contribution in [2.24, 2.45) is 0 Å². The summed E-state index contributed by atoms with van der Waals surface area (Å²) in [6.45, 7) is 13.7. The monoisotopic (exact) mass is 264 g/mol. The van der Waals surface area contributed by atoms with Gasteiger partial charge in [-0.15, -0.1) is 0 Å². The fraction of sp³-hybridized carbons (Fsp3) is 0.733. The van der Waals surface area contributed by atoms with Gasteiger partial charge in [-0.1, -0.05) is 6.92 Å². The molecule has 0 aliphatic carbocycles. The normalized spacial score (nSPS) is 12.2. The minimum absolute atomic E-state index is 0.185. The minimum Gasteiger partial charge on any atom is -0.311 e. The highest BCUT2D eigenvalue weighted by Crippen LogP contribution is 2.10. The molecule has 108 valence electrons. The smallest absolute Gasteiger partial charge is 0.0673 e. The third kappa shape index (κ3) is 6.12. The topological polar surface area (TPSA) is 41.1 Å². The molecule has 0 unspecified atom stereocenters. The standard InChI is InChI=1S/C15H28N4/c1-7-14-13(10-12(2)17-18-14)11-19(6)9-8-16-15(3,4)5/h10,16H,7-9,11H2,1-6H3. The van der Waals surface area contributed by atoms with E-state index in [1.807, 2.05) is 6.92 Å². The van der Waals surface area contributed by atoms with Crippen molar-refractivity contribution >= 4 is 0 Å². The second-order valence-electron chi connectivity index (χ2n) is 6.23. The summed E-state index contributed by atoms with van der Waals surface area (Å²) in [7, 11) is 2.15. The molecule has 0 spiro atoms. The second kappa shape index (κ2) is 6.96. The van der Waals surface area contributed by atoms with Crippen LogP contribution in [0.5, 0.6) is 0 Å². The number of hydrogen-bond donors (Lipinski definition) is 1. The maximum Gasteiger partial charge on any atom is 0.0673 e. The van der Waals surface area contributed by atoms with Crippen molar-refractivity contribution in [3.05, 3.63) is 23.0 Å². The molecule has 0 aliphatic rings. The average molecular weight is 264 g/mol. The summed E-state index contributed by atoms with van der Waals surface area (Å²) in [6.07, 6.45) is 0.941. The van der Waals surface area contributed by atoms with E-state index in [0.717, 1.165) is 37.4 Å². The number of aryl methyl sites for hydroxylation is 2. The summed E-state index contributed by atoms with van der Waals surface area (Å²) in [5, 5.41) is 11.9. The molecule has 0 radical (unpaired) electrons. The summed E-state index contributed by atoms with van der Waals surface area (Å²) in [4.78, 5) is 2.33. The zero-order valence-corrected chi connectivity index (χ0v) is 13.2. The van der Waals surface area contributed by atoms with Crippen molar-refractivity contribution in [3.8, 4) is 0 Å². The van der Waals surface area contributed by atoms with Crippen LogP contribution >= 0.6 is 0 Å². The molecule has 0 aromatic carbocycles. The second-order valence-corrected chi connectivity index (χ2v) is 6.23. The van der Waals surface area contributed by atoms with E-state index in [4.69, 9.17) is 0 Å². The van der Waals surface area contributed by atoms with Crippen LogP contribution in [0.4, 0.5) is 0 Å². The van der Waals surface area contributed by atoms with Gasteiger partial charge < -0.3 is 10.2 Å². The number of nitrogens with zero attached hydrogens (tertiary/aromatic N) is 3. The van der Waals surface area contributed by atoms with Gasteiger partial charge in [0, 0.05) is 25.2 Å². The first-order chi connectivity index (χ1) is 8.81. The number of likely N-dealkylation sites (N-methyl/N-ethyl adjacent to an activating group) is 1. The molecule has 1 aromatic rings. The van der Waals surface area contributed by atoms with Crippen LogP contribution in [0.2, 0.25) is 0 Å². The molecule has 0 amide bonds. The van der Waals surface area contributed by atoms with Crippen LogP contribution in [0.25, 0.3) is 0 Å². The van der Waals surface area contributed by atoms with Gasteiger partial charge in [0.05, 0.1) is 11.4 Å². The number of rotatable bonds is 6. The summed E-state index contributed by atoms with van der Waals surface area (Å²) in [5.41, 5.74) is 3.59. The van der Waals surface area contributed by atoms with Crippen molar-refractivity contribution < 1.29 is 0 Å². The molecule has 1 heterocycles. The van der Waals surface area contributed by atoms with Crippen LogP contribution in [0, 0.1) is 6.92 Å². The van der Waals surface area contributed by atoms with Crippen molar-refractivity contribution in [3.63, 3.8) is 0 Å². The molecule has 0 saturated carbocycles. The lowest BCUT2D eigenvalue weighted by molar-refractivity contribution is 0.302. The number of nitrogens with one attached hydrogen (secondary N) is 1. The zero-order valence-electron chi connectivity index (χ0n) is 13.2. The lowest BCUT2D eigenvalue weighted by Gasteiger charge is -2.24. The van der Waals surface area contributed by atoms with Crippen LogP contribution in [0.1, 0.15) is 44.6 Å². The van der Waals surface area contributed by atoms with Gasteiger partial charge in [-0.2, -0.15) is 10.2 Å². The summed E-state index contributed by atoms with van der Waals surface area (Å²) in [6, 6.07) is 2.15. The Morgan fingerprint density at radius 1 is 1.26 bits per heavy atom. The SMILES string of the molecule is CCc1nnc(C)cc1CN(C)CCNC(C)(C)C. The summed E-state index contributed by atoms with van der Waals surface area (Å²) >= 11 is 0. The Morgan fingerprint density at radius 2 is 1.95 bits per heavy atom. The van der Waals surface area contributed by atoms with Crippen LogP contribution in [0.15, 0.2) is 6.07 Å². The van der Waals surface area contributed by atoms with Gasteiger partial charge in [-0.05, 0) is 52.8 Å². The van der Waals surface area contributed by atoms with Crippen LogP contribution in [0.3, 0.4) is 0 Å². The van der Waals surface area contributed by atoms with Gasteiger partial charge in [0.25, 0.3) is 0 Å². The number of aromatic nitrogens is 2. The van der Waals surface area contributed by atoms with E-state index < -0.39 is 0 Å². The van der Waals surface area contributed by atoms with E-state index in [1.54, 1.807) is 0 Å². The van der Waals surface area contributed by atoms with Crippen LogP contribution in [-0.2, 0) is 13.0 Å². The Hall–Kier alpha value is -1.00. The van der Waals surface area contributed by atoms with E-state index >= 15 is 0 Å². The van der Waals surface area contributed by atoms with Gasteiger partial charge in [0.15, 0.2) is 0 Å². The highest BCUT2D eigenvalue weighted by atomic mass is 15.1. The van der Waals surface area contributed by atoms with Gasteiger partial charge in [0.1, 0.15) is 0 Å². The van der Waals surface area contributed by atoms with E-state index in [2.05, 4.69) is 61.2 Å². The van der Waals surface area contributed by atoms with E-state index in [-0.39, 0.29) is 5.54 Å². The molecular formula is C15H28N4. The van der Waals surface area contributed by atoms with Crippen LogP contribution < -0.4 is 5.32 Å². The molecule has 1 N–H and O–H groups in total. The van der Waals surface area contributed by atoms with E-state index in [9.17, 15) is 0 Å². The van der Waals surface area contributed by atoms with Gasteiger partial charge in [-0.3, -0.25) is 0 Å². The minimum atomic E-state index is 0.185. The molecule has 1 aromatic heterocycles. The van der Waals surface area contributed by atoms with Crippen molar-refractivity contribution in [2.45, 2.75) is 53.1 Å². The third-order valence-electron chi connectivity index (χ3n) is 3.01. The molecule has 0 bridgehead atoms. The molecule has 0 fully saturated rings. The molecule has 4 heteroatoms. The Labute approximate surface area is 117 Å². The first-order valence-electron chi connectivity index (χ1n) is 7.07. The Balaban J connectivity index is 2.52. The van der Waals surface area contributed by atoms with Crippen molar-refractivity contribution in [1.82, 2.24) is 20.4 Å². The predicted octanol–water partition coefficient (Wildman–Crippen LogP) is 2.17. The first-order valence-corrected chi connectivity index (χ1v) is 7.07. The summed E-state index contributed by atoms with van der Waals surface area (Å²) < 4.78 is 0. The largest absolute Gasteiger partial charge is 0.311 e. The lowest BCUT2D eigenvalue weighted by atomic mass is 10.1. The Kier molecular flexibility index (Phi) is 5.88. The van der Waals surface area contributed by atoms with E-state index in [0.29, 0.717) is 0 Å². The Bertz CT molecular complexity index is 396. The van der Waals surface area contributed by atoms with Gasteiger partial charge in [-0.25, -0.2) is 0 Å². The first kappa shape index (κ1) is 16.1. The molecule has 0 saturated heterocycles. The predicted molar refractivity (Wildman–Crippen MR) is 80.2 cm³/mol. The molecule has 0 aliphatic heterocycles. The van der Waals surface area contributed by atoms with Crippen LogP contribution in [-0.4, -0.2) is 40.8 Å². The van der Waals surface area contributed by atoms with Crippen molar-refractivity contribution in [1.29, 1.82) is 0 Å².